The van der Waals surface area contributed by atoms with Crippen molar-refractivity contribution in [3.8, 4) is 5.75 Å². The summed E-state index contributed by atoms with van der Waals surface area (Å²) in [5.41, 5.74) is 2.67. The fourth-order valence-corrected chi connectivity index (χ4v) is 1.95. The van der Waals surface area contributed by atoms with Gasteiger partial charge < -0.3 is 4.74 Å². The number of carbonyl (C=O) groups excluding carboxylic acids is 1. The van der Waals surface area contributed by atoms with Gasteiger partial charge in [-0.1, -0.05) is 24.3 Å². The fraction of sp³-hybridized carbons (Fsp3) is 0.286. The van der Waals surface area contributed by atoms with Crippen LogP contribution in [0.1, 0.15) is 21.6 Å². The molecule has 0 spiro atoms. The Morgan fingerprint density at radius 3 is 2.78 bits per heavy atom. The summed E-state index contributed by atoms with van der Waals surface area (Å²) in [6.07, 6.45) is 1.92. The van der Waals surface area contributed by atoms with Crippen molar-refractivity contribution < 1.29 is 9.53 Å². The number of Topliss-reactive ketones (excluding diaryl/α,β-unsaturated/α-hetero) is 1. The number of aromatic nitrogens is 2. The molecule has 0 atom stereocenters. The van der Waals surface area contributed by atoms with E-state index in [2.05, 4.69) is 5.10 Å². The highest BCUT2D eigenvalue weighted by molar-refractivity contribution is 5.98. The van der Waals surface area contributed by atoms with E-state index in [1.807, 2.05) is 31.2 Å². The van der Waals surface area contributed by atoms with Crippen molar-refractivity contribution in [3.05, 3.63) is 47.3 Å². The molecule has 2 rings (SSSR count). The average Bonchev–Trinajstić information content (AvgIpc) is 2.73. The van der Waals surface area contributed by atoms with Crippen LogP contribution in [0.3, 0.4) is 0 Å². The highest BCUT2D eigenvalue weighted by Crippen LogP contribution is 2.19. The number of aryl methyl sites for hydroxylation is 2. The maximum absolute atomic E-state index is 12.3. The molecule has 0 fully saturated rings. The molecule has 0 aliphatic rings. The predicted molar refractivity (Wildman–Crippen MR) is 69.0 cm³/mol. The summed E-state index contributed by atoms with van der Waals surface area (Å²) in [5.74, 6) is 0.539. The second-order valence-corrected chi connectivity index (χ2v) is 4.21. The molecule has 0 saturated heterocycles. The second kappa shape index (κ2) is 5.04. The predicted octanol–water partition coefficient (Wildman–Crippen LogP) is 2.16. The van der Waals surface area contributed by atoms with Crippen LogP contribution < -0.4 is 4.74 Å². The van der Waals surface area contributed by atoms with Gasteiger partial charge in [0.2, 0.25) is 0 Å². The van der Waals surface area contributed by atoms with E-state index in [-0.39, 0.29) is 5.78 Å². The molecule has 0 N–H and O–H groups in total. The van der Waals surface area contributed by atoms with Crippen molar-refractivity contribution in [1.82, 2.24) is 9.78 Å². The van der Waals surface area contributed by atoms with Gasteiger partial charge in [0.1, 0.15) is 5.69 Å². The molecule has 94 valence electrons. The highest BCUT2D eigenvalue weighted by atomic mass is 16.5. The number of carbonyl (C=O) groups is 1. The number of rotatable bonds is 4. The van der Waals surface area contributed by atoms with Crippen molar-refractivity contribution >= 4 is 5.78 Å². The molecular weight excluding hydrogens is 228 g/mol. The van der Waals surface area contributed by atoms with Gasteiger partial charge in [0.05, 0.1) is 13.3 Å². The van der Waals surface area contributed by atoms with Crippen LogP contribution in [0.25, 0.3) is 0 Å². The molecule has 0 bridgehead atoms. The zero-order chi connectivity index (χ0) is 13.1. The highest BCUT2D eigenvalue weighted by Gasteiger charge is 2.18. The van der Waals surface area contributed by atoms with Gasteiger partial charge in [0.15, 0.2) is 11.5 Å². The van der Waals surface area contributed by atoms with Gasteiger partial charge in [-0.2, -0.15) is 5.10 Å². The van der Waals surface area contributed by atoms with Crippen LogP contribution in [0, 0.1) is 6.92 Å². The molecule has 0 aliphatic heterocycles. The van der Waals surface area contributed by atoms with Crippen LogP contribution in [0.2, 0.25) is 0 Å². The minimum Gasteiger partial charge on any atom is -0.493 e. The first-order valence-corrected chi connectivity index (χ1v) is 5.77. The zero-order valence-electron chi connectivity index (χ0n) is 10.8. The molecule has 0 amide bonds. The summed E-state index contributed by atoms with van der Waals surface area (Å²) < 4.78 is 6.71. The van der Waals surface area contributed by atoms with Crippen molar-refractivity contribution in [1.29, 1.82) is 0 Å². The Morgan fingerprint density at radius 1 is 1.39 bits per heavy atom. The number of nitrogens with zero attached hydrogens (tertiary/aromatic N) is 2. The number of hydrogen-bond acceptors (Lipinski definition) is 3. The molecule has 4 nitrogen and oxygen atoms in total. The normalized spacial score (nSPS) is 10.4. The van der Waals surface area contributed by atoms with Gasteiger partial charge in [-0.15, -0.1) is 0 Å². The van der Waals surface area contributed by atoms with Crippen molar-refractivity contribution in [3.63, 3.8) is 0 Å². The van der Waals surface area contributed by atoms with Gasteiger partial charge in [-0.3, -0.25) is 9.48 Å². The Kier molecular flexibility index (Phi) is 3.46. The smallest absolute Gasteiger partial charge is 0.189 e. The summed E-state index contributed by atoms with van der Waals surface area (Å²) >= 11 is 0. The summed E-state index contributed by atoms with van der Waals surface area (Å²) in [7, 11) is 3.29. The average molecular weight is 244 g/mol. The molecule has 1 aromatic heterocycles. The molecule has 2 aromatic rings. The van der Waals surface area contributed by atoms with Gasteiger partial charge in [0, 0.05) is 13.5 Å². The van der Waals surface area contributed by atoms with Gasteiger partial charge in [-0.05, 0) is 18.1 Å². The van der Waals surface area contributed by atoms with E-state index in [1.165, 1.54) is 0 Å². The third-order valence-corrected chi connectivity index (χ3v) is 3.00. The molecule has 4 heteroatoms. The monoisotopic (exact) mass is 244 g/mol. The zero-order valence-corrected chi connectivity index (χ0v) is 10.8. The lowest BCUT2D eigenvalue weighted by atomic mass is 10.0. The Bertz CT molecular complexity index is 573. The first-order chi connectivity index (χ1) is 8.63. The quantitative estimate of drug-likeness (QED) is 0.774. The molecule has 18 heavy (non-hydrogen) atoms. The maximum Gasteiger partial charge on any atom is 0.189 e. The van der Waals surface area contributed by atoms with E-state index >= 15 is 0 Å². The second-order valence-electron chi connectivity index (χ2n) is 4.21. The lowest BCUT2D eigenvalue weighted by Crippen LogP contribution is -2.11. The van der Waals surface area contributed by atoms with Gasteiger partial charge in [0.25, 0.3) is 0 Å². The van der Waals surface area contributed by atoms with Crippen LogP contribution in [0.4, 0.5) is 0 Å². The molecule has 1 heterocycles. The Hall–Kier alpha value is -2.10. The van der Waals surface area contributed by atoms with Crippen LogP contribution in [-0.2, 0) is 13.5 Å². The Balaban J connectivity index is 2.28. The van der Waals surface area contributed by atoms with E-state index < -0.39 is 0 Å². The number of benzene rings is 1. The summed E-state index contributed by atoms with van der Waals surface area (Å²) in [5, 5.41) is 4.04. The van der Waals surface area contributed by atoms with Gasteiger partial charge in [-0.25, -0.2) is 0 Å². The van der Waals surface area contributed by atoms with Crippen LogP contribution in [-0.4, -0.2) is 22.7 Å². The first-order valence-electron chi connectivity index (χ1n) is 5.77. The molecule has 1 aromatic carbocycles. The third kappa shape index (κ3) is 2.27. The standard InChI is InChI=1S/C14H16N2O2/c1-10-6-4-5-7-11(10)8-12(17)14-13(18-3)9-15-16(14)2/h4-7,9H,8H2,1-3H3. The number of ketones is 1. The summed E-state index contributed by atoms with van der Waals surface area (Å²) in [6.45, 7) is 2.00. The van der Waals surface area contributed by atoms with Crippen LogP contribution in [0.5, 0.6) is 5.75 Å². The van der Waals surface area contributed by atoms with E-state index in [0.29, 0.717) is 17.9 Å². The largest absolute Gasteiger partial charge is 0.493 e. The SMILES string of the molecule is COc1cnn(C)c1C(=O)Cc1ccccc1C. The lowest BCUT2D eigenvalue weighted by Gasteiger charge is -2.06. The topological polar surface area (TPSA) is 44.1 Å². The number of methoxy groups -OCH3 is 1. The molecule has 0 unspecified atom stereocenters. The fourth-order valence-electron chi connectivity index (χ4n) is 1.95. The lowest BCUT2D eigenvalue weighted by molar-refractivity contribution is 0.0980. The van der Waals surface area contributed by atoms with Crippen molar-refractivity contribution in [2.75, 3.05) is 7.11 Å². The third-order valence-electron chi connectivity index (χ3n) is 3.00. The molecular formula is C14H16N2O2. The van der Waals surface area contributed by atoms with E-state index in [0.717, 1.165) is 11.1 Å². The summed E-state index contributed by atoms with van der Waals surface area (Å²) in [4.78, 5) is 12.3. The molecule has 0 radical (unpaired) electrons. The summed E-state index contributed by atoms with van der Waals surface area (Å²) in [6, 6.07) is 7.88. The number of hydrogen-bond donors (Lipinski definition) is 0. The minimum absolute atomic E-state index is 0.0150. The number of ether oxygens (including phenoxy) is 1. The van der Waals surface area contributed by atoms with E-state index in [1.54, 1.807) is 25.0 Å². The van der Waals surface area contributed by atoms with Crippen molar-refractivity contribution in [2.45, 2.75) is 13.3 Å². The van der Waals surface area contributed by atoms with E-state index in [9.17, 15) is 4.79 Å². The molecule has 0 saturated carbocycles. The Labute approximate surface area is 106 Å². The van der Waals surface area contributed by atoms with Crippen LogP contribution >= 0.6 is 0 Å². The molecule has 0 aliphatic carbocycles. The van der Waals surface area contributed by atoms with E-state index in [4.69, 9.17) is 4.74 Å². The maximum atomic E-state index is 12.3. The minimum atomic E-state index is 0.0150. The first kappa shape index (κ1) is 12.4. The Morgan fingerprint density at radius 2 is 2.11 bits per heavy atom. The van der Waals surface area contributed by atoms with Crippen molar-refractivity contribution in [2.24, 2.45) is 7.05 Å². The van der Waals surface area contributed by atoms with Gasteiger partial charge >= 0.3 is 0 Å². The van der Waals surface area contributed by atoms with Crippen LogP contribution in [0.15, 0.2) is 30.5 Å².